The summed E-state index contributed by atoms with van der Waals surface area (Å²) in [5.41, 5.74) is 3.93. The second kappa shape index (κ2) is 7.66. The predicted octanol–water partition coefficient (Wildman–Crippen LogP) is 3.49. The molecule has 3 heterocycles. The van der Waals surface area contributed by atoms with Crippen LogP contribution in [0.4, 0.5) is 9.93 Å². The van der Waals surface area contributed by atoms with E-state index in [2.05, 4.69) is 26.3 Å². The lowest BCUT2D eigenvalue weighted by atomic mass is 10.1. The van der Waals surface area contributed by atoms with E-state index < -0.39 is 23.4 Å². The van der Waals surface area contributed by atoms with E-state index in [1.807, 2.05) is 49.6 Å². The van der Waals surface area contributed by atoms with Crippen LogP contribution < -0.4 is 10.6 Å². The molecule has 1 saturated heterocycles. The van der Waals surface area contributed by atoms with Gasteiger partial charge >= 0.3 is 6.03 Å². The first-order valence-corrected chi connectivity index (χ1v) is 10.7. The number of benzene rings is 1. The van der Waals surface area contributed by atoms with Gasteiger partial charge in [-0.1, -0.05) is 18.2 Å². The number of rotatable bonds is 5. The molecular weight excluding hydrogens is 414 g/mol. The molecule has 160 valence electrons. The maximum absolute atomic E-state index is 12.4. The molecule has 3 aromatic rings. The Morgan fingerprint density at radius 1 is 1.19 bits per heavy atom. The summed E-state index contributed by atoms with van der Waals surface area (Å²) >= 11 is 1.30. The second-order valence-electron chi connectivity index (χ2n) is 7.99. The van der Waals surface area contributed by atoms with E-state index in [1.165, 1.54) is 11.3 Å². The molecule has 0 spiro atoms. The Kier molecular flexibility index (Phi) is 5.14. The van der Waals surface area contributed by atoms with E-state index in [4.69, 9.17) is 0 Å². The fourth-order valence-corrected chi connectivity index (χ4v) is 4.44. The fourth-order valence-electron chi connectivity index (χ4n) is 3.72. The highest BCUT2D eigenvalue weighted by Gasteiger charge is 2.44. The van der Waals surface area contributed by atoms with Crippen molar-refractivity contribution in [3.8, 4) is 16.9 Å². The Balaban J connectivity index is 1.50. The SMILES string of the molecule is Cc1cc(-c2csc(NC(=O)CN3C(=O)NC(C)(C)C3=O)n2)c(C)n1-c1ccccc1. The second-order valence-corrected chi connectivity index (χ2v) is 8.85. The van der Waals surface area contributed by atoms with Crippen molar-refractivity contribution >= 4 is 34.3 Å². The first kappa shape index (κ1) is 20.8. The summed E-state index contributed by atoms with van der Waals surface area (Å²) in [6, 6.07) is 11.6. The molecule has 8 nitrogen and oxygen atoms in total. The van der Waals surface area contributed by atoms with Crippen molar-refractivity contribution in [2.24, 2.45) is 0 Å². The highest BCUT2D eigenvalue weighted by molar-refractivity contribution is 7.14. The Labute approximate surface area is 183 Å². The summed E-state index contributed by atoms with van der Waals surface area (Å²) in [6.45, 7) is 6.92. The van der Waals surface area contributed by atoms with Crippen molar-refractivity contribution < 1.29 is 14.4 Å². The number of urea groups is 1. The van der Waals surface area contributed by atoms with Crippen molar-refractivity contribution in [3.63, 3.8) is 0 Å². The monoisotopic (exact) mass is 437 g/mol. The Bertz CT molecular complexity index is 1180. The van der Waals surface area contributed by atoms with Gasteiger partial charge in [0.05, 0.1) is 5.69 Å². The molecule has 31 heavy (non-hydrogen) atoms. The molecule has 1 aromatic carbocycles. The van der Waals surface area contributed by atoms with Crippen LogP contribution in [-0.2, 0) is 9.59 Å². The van der Waals surface area contributed by atoms with Gasteiger partial charge in [0.1, 0.15) is 12.1 Å². The third-order valence-corrected chi connectivity index (χ3v) is 5.98. The van der Waals surface area contributed by atoms with Crippen molar-refractivity contribution in [3.05, 3.63) is 53.2 Å². The summed E-state index contributed by atoms with van der Waals surface area (Å²) < 4.78 is 2.16. The van der Waals surface area contributed by atoms with E-state index in [1.54, 1.807) is 13.8 Å². The third kappa shape index (κ3) is 3.84. The van der Waals surface area contributed by atoms with Gasteiger partial charge in [-0.25, -0.2) is 9.78 Å². The highest BCUT2D eigenvalue weighted by Crippen LogP contribution is 2.31. The van der Waals surface area contributed by atoms with Gasteiger partial charge in [0.2, 0.25) is 5.91 Å². The lowest BCUT2D eigenvalue weighted by Gasteiger charge is -2.15. The topological polar surface area (TPSA) is 96.3 Å². The molecule has 0 aliphatic carbocycles. The van der Waals surface area contributed by atoms with E-state index in [9.17, 15) is 14.4 Å². The molecule has 0 saturated carbocycles. The van der Waals surface area contributed by atoms with Crippen LogP contribution in [0.2, 0.25) is 0 Å². The number of carbonyl (C=O) groups is 3. The number of aromatic nitrogens is 2. The van der Waals surface area contributed by atoms with E-state index in [0.29, 0.717) is 5.13 Å². The normalized spacial score (nSPS) is 15.3. The van der Waals surface area contributed by atoms with Gasteiger partial charge in [0.15, 0.2) is 5.13 Å². The van der Waals surface area contributed by atoms with E-state index in [-0.39, 0.29) is 6.54 Å². The van der Waals surface area contributed by atoms with Crippen LogP contribution in [0.5, 0.6) is 0 Å². The number of hydrogen-bond donors (Lipinski definition) is 2. The zero-order chi connectivity index (χ0) is 22.3. The van der Waals surface area contributed by atoms with Crippen LogP contribution >= 0.6 is 11.3 Å². The number of nitrogens with zero attached hydrogens (tertiary/aromatic N) is 3. The molecule has 0 bridgehead atoms. The number of nitrogens with one attached hydrogen (secondary N) is 2. The summed E-state index contributed by atoms with van der Waals surface area (Å²) in [5.74, 6) is -0.905. The van der Waals surface area contributed by atoms with Gasteiger partial charge in [-0.2, -0.15) is 0 Å². The van der Waals surface area contributed by atoms with Crippen LogP contribution in [0.1, 0.15) is 25.2 Å². The van der Waals surface area contributed by atoms with Gasteiger partial charge in [-0.15, -0.1) is 11.3 Å². The molecule has 4 amide bonds. The first-order valence-electron chi connectivity index (χ1n) is 9.81. The summed E-state index contributed by atoms with van der Waals surface area (Å²) in [7, 11) is 0. The van der Waals surface area contributed by atoms with Crippen molar-refractivity contribution in [1.82, 2.24) is 19.8 Å². The Hall–Kier alpha value is -3.46. The molecular formula is C22H23N5O3S. The highest BCUT2D eigenvalue weighted by atomic mass is 32.1. The number of amides is 4. The van der Waals surface area contributed by atoms with Gasteiger partial charge in [-0.3, -0.25) is 14.5 Å². The van der Waals surface area contributed by atoms with Crippen molar-refractivity contribution in [2.45, 2.75) is 33.2 Å². The molecule has 0 atom stereocenters. The van der Waals surface area contributed by atoms with Crippen LogP contribution in [0.15, 0.2) is 41.8 Å². The molecule has 0 radical (unpaired) electrons. The van der Waals surface area contributed by atoms with Gasteiger partial charge in [0, 0.05) is 28.0 Å². The minimum atomic E-state index is -1.01. The number of carbonyl (C=O) groups excluding carboxylic acids is 3. The van der Waals surface area contributed by atoms with Crippen LogP contribution in [0.25, 0.3) is 16.9 Å². The smallest absolute Gasteiger partial charge is 0.324 e. The van der Waals surface area contributed by atoms with E-state index in [0.717, 1.165) is 33.2 Å². The summed E-state index contributed by atoms with van der Waals surface area (Å²) in [4.78, 5) is 42.1. The molecule has 0 unspecified atom stereocenters. The number of para-hydroxylation sites is 1. The Morgan fingerprint density at radius 3 is 2.55 bits per heavy atom. The van der Waals surface area contributed by atoms with Crippen LogP contribution in [-0.4, -0.2) is 44.4 Å². The fraction of sp³-hybridized carbons (Fsp3) is 0.273. The average Bonchev–Trinajstić information content (AvgIpc) is 3.34. The number of hydrogen-bond acceptors (Lipinski definition) is 5. The average molecular weight is 438 g/mol. The molecule has 4 rings (SSSR count). The van der Waals surface area contributed by atoms with Crippen LogP contribution in [0.3, 0.4) is 0 Å². The van der Waals surface area contributed by atoms with Crippen molar-refractivity contribution in [1.29, 1.82) is 0 Å². The molecule has 1 aliphatic heterocycles. The van der Waals surface area contributed by atoms with Crippen molar-refractivity contribution in [2.75, 3.05) is 11.9 Å². The number of aryl methyl sites for hydroxylation is 1. The maximum atomic E-state index is 12.4. The van der Waals surface area contributed by atoms with E-state index >= 15 is 0 Å². The van der Waals surface area contributed by atoms with Gasteiger partial charge in [-0.05, 0) is 45.9 Å². The van der Waals surface area contributed by atoms with Gasteiger partial charge in [0.25, 0.3) is 5.91 Å². The minimum Gasteiger partial charge on any atom is -0.324 e. The van der Waals surface area contributed by atoms with Gasteiger partial charge < -0.3 is 15.2 Å². The zero-order valence-electron chi connectivity index (χ0n) is 17.7. The molecule has 2 N–H and O–H groups in total. The Morgan fingerprint density at radius 2 is 1.90 bits per heavy atom. The minimum absolute atomic E-state index is 0.356. The third-order valence-electron chi connectivity index (χ3n) is 5.22. The number of imide groups is 1. The molecule has 1 aliphatic rings. The maximum Gasteiger partial charge on any atom is 0.325 e. The largest absolute Gasteiger partial charge is 0.325 e. The quantitative estimate of drug-likeness (QED) is 0.597. The molecule has 2 aromatic heterocycles. The summed E-state index contributed by atoms with van der Waals surface area (Å²) in [6.07, 6.45) is 0. The molecule has 1 fully saturated rings. The lowest BCUT2D eigenvalue weighted by Crippen LogP contribution is -2.41. The summed E-state index contributed by atoms with van der Waals surface area (Å²) in [5, 5.41) is 7.54. The zero-order valence-corrected chi connectivity index (χ0v) is 18.5. The number of thiazole rings is 1. The van der Waals surface area contributed by atoms with Crippen LogP contribution in [0, 0.1) is 13.8 Å². The predicted molar refractivity (Wildman–Crippen MR) is 119 cm³/mol. The molecule has 9 heteroatoms. The lowest BCUT2D eigenvalue weighted by molar-refractivity contribution is -0.132. The first-order chi connectivity index (χ1) is 14.7. The standard InChI is InChI=1S/C22H23N5O3S/c1-13-10-16(14(2)27(13)15-8-6-5-7-9-15)17-12-31-20(23-17)24-18(28)11-26-19(29)22(3,4)25-21(26)30/h5-10,12H,11H2,1-4H3,(H,25,30)(H,23,24,28). The number of anilines is 1.